The SMILES string of the molecule is COc1ccccc1N(C)S(=O)(=O)c1ccc(C)c(C(=O)N2CCCc3c(C)ccc(OC)c32)c1. The summed E-state index contributed by atoms with van der Waals surface area (Å²) in [6.45, 7) is 4.37. The lowest BCUT2D eigenvalue weighted by Gasteiger charge is -2.32. The summed E-state index contributed by atoms with van der Waals surface area (Å²) in [4.78, 5) is 15.6. The van der Waals surface area contributed by atoms with Crippen LogP contribution in [0.4, 0.5) is 11.4 Å². The number of carbonyl (C=O) groups is 1. The monoisotopic (exact) mass is 494 g/mol. The third-order valence-electron chi connectivity index (χ3n) is 6.55. The minimum absolute atomic E-state index is 0.0355. The van der Waals surface area contributed by atoms with Gasteiger partial charge in [-0.1, -0.05) is 24.3 Å². The summed E-state index contributed by atoms with van der Waals surface area (Å²) in [7, 11) is 0.611. The molecule has 1 amide bonds. The van der Waals surface area contributed by atoms with E-state index in [4.69, 9.17) is 9.47 Å². The Bertz CT molecular complexity index is 1380. The van der Waals surface area contributed by atoms with E-state index in [2.05, 4.69) is 0 Å². The smallest absolute Gasteiger partial charge is 0.264 e. The van der Waals surface area contributed by atoms with Crippen LogP contribution in [0.5, 0.6) is 11.5 Å². The molecule has 0 unspecified atom stereocenters. The van der Waals surface area contributed by atoms with Crippen LogP contribution in [0, 0.1) is 13.8 Å². The van der Waals surface area contributed by atoms with E-state index in [9.17, 15) is 13.2 Å². The molecule has 0 fully saturated rings. The van der Waals surface area contributed by atoms with Gasteiger partial charge in [0.15, 0.2) is 0 Å². The van der Waals surface area contributed by atoms with Crippen molar-refractivity contribution in [3.8, 4) is 11.5 Å². The summed E-state index contributed by atoms with van der Waals surface area (Å²) in [5.74, 6) is 0.828. The Balaban J connectivity index is 1.76. The summed E-state index contributed by atoms with van der Waals surface area (Å²) >= 11 is 0. The van der Waals surface area contributed by atoms with Crippen molar-refractivity contribution in [2.24, 2.45) is 0 Å². The van der Waals surface area contributed by atoms with Gasteiger partial charge in [0, 0.05) is 19.2 Å². The summed E-state index contributed by atoms with van der Waals surface area (Å²) in [6, 6.07) is 15.4. The number of fused-ring (bicyclic) bond motifs is 1. The van der Waals surface area contributed by atoms with E-state index in [0.29, 0.717) is 34.9 Å². The molecule has 4 rings (SSSR count). The number of methoxy groups -OCH3 is 2. The highest BCUT2D eigenvalue weighted by Gasteiger charge is 2.30. The molecule has 0 N–H and O–H groups in total. The van der Waals surface area contributed by atoms with Gasteiger partial charge in [-0.25, -0.2) is 8.42 Å². The fourth-order valence-corrected chi connectivity index (χ4v) is 5.77. The lowest BCUT2D eigenvalue weighted by atomic mass is 9.95. The number of aryl methyl sites for hydroxylation is 2. The lowest BCUT2D eigenvalue weighted by molar-refractivity contribution is 0.0983. The minimum Gasteiger partial charge on any atom is -0.495 e. The molecule has 3 aromatic carbocycles. The quantitative estimate of drug-likeness (QED) is 0.495. The zero-order chi connectivity index (χ0) is 25.3. The molecule has 184 valence electrons. The maximum absolute atomic E-state index is 13.8. The van der Waals surface area contributed by atoms with E-state index in [-0.39, 0.29) is 10.8 Å². The molecule has 0 saturated carbocycles. The number of anilines is 2. The van der Waals surface area contributed by atoms with E-state index < -0.39 is 10.0 Å². The maximum Gasteiger partial charge on any atom is 0.264 e. The number of carbonyl (C=O) groups excluding carboxylic acids is 1. The van der Waals surface area contributed by atoms with Gasteiger partial charge in [0.2, 0.25) is 0 Å². The zero-order valence-corrected chi connectivity index (χ0v) is 21.5. The van der Waals surface area contributed by atoms with Gasteiger partial charge in [-0.2, -0.15) is 0 Å². The second-order valence-electron chi connectivity index (χ2n) is 8.59. The Labute approximate surface area is 206 Å². The van der Waals surface area contributed by atoms with Crippen molar-refractivity contribution in [1.82, 2.24) is 0 Å². The first-order valence-corrected chi connectivity index (χ1v) is 12.9. The summed E-state index contributed by atoms with van der Waals surface area (Å²) < 4.78 is 39.2. The van der Waals surface area contributed by atoms with E-state index >= 15 is 0 Å². The highest BCUT2D eigenvalue weighted by molar-refractivity contribution is 7.92. The van der Waals surface area contributed by atoms with Gasteiger partial charge in [0.25, 0.3) is 15.9 Å². The second-order valence-corrected chi connectivity index (χ2v) is 10.6. The van der Waals surface area contributed by atoms with Crippen LogP contribution in [-0.4, -0.2) is 42.1 Å². The standard InChI is InChI=1S/C27H30N2O5S/c1-18-13-15-25(34-5)26-21(18)9-8-16-29(26)27(30)22-17-20(14-12-19(22)2)35(31,32)28(3)23-10-6-7-11-24(23)33-4/h6-7,10-15,17H,8-9,16H2,1-5H3. The zero-order valence-electron chi connectivity index (χ0n) is 20.7. The molecule has 0 saturated heterocycles. The number of ether oxygens (including phenoxy) is 2. The molecule has 0 bridgehead atoms. The fourth-order valence-electron chi connectivity index (χ4n) is 4.54. The first-order chi connectivity index (χ1) is 16.7. The predicted molar refractivity (Wildman–Crippen MR) is 137 cm³/mol. The van der Waals surface area contributed by atoms with E-state index in [1.54, 1.807) is 42.3 Å². The number of hydrogen-bond acceptors (Lipinski definition) is 5. The molecule has 0 aliphatic carbocycles. The van der Waals surface area contributed by atoms with Crippen molar-refractivity contribution in [2.45, 2.75) is 31.6 Å². The molecular formula is C27H30N2O5S. The van der Waals surface area contributed by atoms with E-state index in [0.717, 1.165) is 29.7 Å². The van der Waals surface area contributed by atoms with Crippen molar-refractivity contribution in [3.05, 3.63) is 76.9 Å². The number of sulfonamides is 1. The van der Waals surface area contributed by atoms with Crippen molar-refractivity contribution in [1.29, 1.82) is 0 Å². The van der Waals surface area contributed by atoms with Crippen LogP contribution in [0.15, 0.2) is 59.5 Å². The average Bonchev–Trinajstić information content (AvgIpc) is 2.88. The van der Waals surface area contributed by atoms with Crippen LogP contribution < -0.4 is 18.7 Å². The Hall–Kier alpha value is -3.52. The van der Waals surface area contributed by atoms with Crippen molar-refractivity contribution in [2.75, 3.05) is 37.0 Å². The molecule has 3 aromatic rings. The van der Waals surface area contributed by atoms with Crippen LogP contribution in [0.2, 0.25) is 0 Å². The highest BCUT2D eigenvalue weighted by Crippen LogP contribution is 2.39. The molecule has 1 heterocycles. The Kier molecular flexibility index (Phi) is 6.76. The number of para-hydroxylation sites is 2. The Morgan fingerprint density at radius 3 is 2.34 bits per heavy atom. The molecule has 0 spiro atoms. The highest BCUT2D eigenvalue weighted by atomic mass is 32.2. The van der Waals surface area contributed by atoms with Crippen LogP contribution in [0.3, 0.4) is 0 Å². The van der Waals surface area contributed by atoms with Gasteiger partial charge in [-0.3, -0.25) is 9.10 Å². The number of rotatable bonds is 6. The Morgan fingerprint density at radius 2 is 1.63 bits per heavy atom. The predicted octanol–water partition coefficient (Wildman–Crippen LogP) is 4.74. The normalized spacial score (nSPS) is 13.2. The molecule has 0 aromatic heterocycles. The van der Waals surface area contributed by atoms with Crippen LogP contribution >= 0.6 is 0 Å². The van der Waals surface area contributed by atoms with Gasteiger partial charge in [0.1, 0.15) is 11.5 Å². The Morgan fingerprint density at radius 1 is 0.943 bits per heavy atom. The number of nitrogens with zero attached hydrogens (tertiary/aromatic N) is 2. The molecular weight excluding hydrogens is 464 g/mol. The number of amides is 1. The van der Waals surface area contributed by atoms with Gasteiger partial charge >= 0.3 is 0 Å². The first kappa shape index (κ1) is 24.6. The van der Waals surface area contributed by atoms with Crippen molar-refractivity contribution >= 4 is 27.3 Å². The van der Waals surface area contributed by atoms with Crippen LogP contribution in [0.25, 0.3) is 0 Å². The molecule has 0 atom stereocenters. The van der Waals surface area contributed by atoms with Crippen molar-refractivity contribution < 1.29 is 22.7 Å². The van der Waals surface area contributed by atoms with Crippen molar-refractivity contribution in [3.63, 3.8) is 0 Å². The third-order valence-corrected chi connectivity index (χ3v) is 8.31. The van der Waals surface area contributed by atoms with Gasteiger partial charge < -0.3 is 14.4 Å². The molecule has 35 heavy (non-hydrogen) atoms. The summed E-state index contributed by atoms with van der Waals surface area (Å²) in [5, 5.41) is 0. The first-order valence-electron chi connectivity index (χ1n) is 11.4. The van der Waals surface area contributed by atoms with Crippen LogP contribution in [0.1, 0.15) is 33.5 Å². The second kappa shape index (κ2) is 9.62. The molecule has 0 radical (unpaired) electrons. The summed E-state index contributed by atoms with van der Waals surface area (Å²) in [6.07, 6.45) is 1.68. The molecule has 1 aliphatic rings. The molecule has 7 nitrogen and oxygen atoms in total. The maximum atomic E-state index is 13.8. The minimum atomic E-state index is -3.95. The average molecular weight is 495 g/mol. The van der Waals surface area contributed by atoms with E-state index in [1.165, 1.54) is 30.6 Å². The lowest BCUT2D eigenvalue weighted by Crippen LogP contribution is -2.36. The van der Waals surface area contributed by atoms with Gasteiger partial charge in [-0.15, -0.1) is 0 Å². The van der Waals surface area contributed by atoms with Gasteiger partial charge in [-0.05, 0) is 73.7 Å². The van der Waals surface area contributed by atoms with Gasteiger partial charge in [0.05, 0.1) is 30.5 Å². The molecule has 1 aliphatic heterocycles. The van der Waals surface area contributed by atoms with Crippen LogP contribution in [-0.2, 0) is 16.4 Å². The number of hydrogen-bond donors (Lipinski definition) is 0. The fraction of sp³-hybridized carbons (Fsp3) is 0.296. The van der Waals surface area contributed by atoms with E-state index in [1.807, 2.05) is 26.0 Å². The third kappa shape index (κ3) is 4.34. The largest absolute Gasteiger partial charge is 0.495 e. The molecule has 8 heteroatoms. The summed E-state index contributed by atoms with van der Waals surface area (Å²) in [5.41, 5.74) is 4.41. The number of benzene rings is 3. The topological polar surface area (TPSA) is 76.2 Å².